The van der Waals surface area contributed by atoms with Gasteiger partial charge in [0.1, 0.15) is 0 Å². The predicted octanol–water partition coefficient (Wildman–Crippen LogP) is 6.49. The highest BCUT2D eigenvalue weighted by atomic mass is 16.1. The Morgan fingerprint density at radius 3 is 1.80 bits per heavy atom. The fraction of sp³-hybridized carbons (Fsp3) is 0.143. The summed E-state index contributed by atoms with van der Waals surface area (Å²) in [5.74, 6) is -0.0518. The first-order valence-corrected chi connectivity index (χ1v) is 10.1. The number of carbonyl (C=O) groups excluding carboxylic acids is 2. The van der Waals surface area contributed by atoms with Crippen molar-refractivity contribution in [3.05, 3.63) is 113 Å². The minimum Gasteiger partial charge on any atom is -0.294 e. The van der Waals surface area contributed by atoms with E-state index >= 15 is 0 Å². The summed E-state index contributed by atoms with van der Waals surface area (Å²) < 4.78 is 0. The molecular weight excluding hydrogens is 368 g/mol. The largest absolute Gasteiger partial charge is 0.294 e. The van der Waals surface area contributed by atoms with Crippen LogP contribution in [0.3, 0.4) is 0 Å². The fourth-order valence-corrected chi connectivity index (χ4v) is 3.80. The van der Waals surface area contributed by atoms with E-state index in [1.54, 1.807) is 0 Å². The lowest BCUT2D eigenvalue weighted by molar-refractivity contribution is -0.121. The number of rotatable bonds is 4. The lowest BCUT2D eigenvalue weighted by atomic mass is 9.80. The lowest BCUT2D eigenvalue weighted by Crippen LogP contribution is -2.22. The maximum absolute atomic E-state index is 13.8. The minimum absolute atomic E-state index is 0.0305. The van der Waals surface area contributed by atoms with Gasteiger partial charge in [-0.3, -0.25) is 9.59 Å². The van der Waals surface area contributed by atoms with Gasteiger partial charge in [0.05, 0.1) is 0 Å². The van der Waals surface area contributed by atoms with Crippen LogP contribution in [0.15, 0.2) is 90.5 Å². The number of hydrogen-bond acceptors (Lipinski definition) is 2. The molecule has 0 N–H and O–H groups in total. The summed E-state index contributed by atoms with van der Waals surface area (Å²) in [5.41, 5.74) is 4.65. The first-order valence-electron chi connectivity index (χ1n) is 10.1. The molecule has 0 saturated heterocycles. The van der Waals surface area contributed by atoms with Crippen molar-refractivity contribution in [3.63, 3.8) is 0 Å². The highest BCUT2D eigenvalue weighted by molar-refractivity contribution is 6.40. The van der Waals surface area contributed by atoms with Crippen molar-refractivity contribution in [2.45, 2.75) is 20.8 Å². The van der Waals surface area contributed by atoms with Gasteiger partial charge in [-0.15, -0.1) is 0 Å². The number of allylic oxidation sites excluding steroid dienone is 3. The molecule has 3 aromatic carbocycles. The molecule has 0 fully saturated rings. The molecule has 0 aromatic heterocycles. The normalized spacial score (nSPS) is 14.7. The van der Waals surface area contributed by atoms with E-state index in [0.29, 0.717) is 16.7 Å². The SMILES string of the molecule is CC(C)(C)C(=O)C1=Cc2ccccc2/C1=C(\C(=O)c1ccccc1)c1ccccc1. The van der Waals surface area contributed by atoms with Gasteiger partial charge in [0, 0.05) is 27.7 Å². The second-order valence-electron chi connectivity index (χ2n) is 8.54. The van der Waals surface area contributed by atoms with E-state index in [1.165, 1.54) is 0 Å². The molecule has 0 aliphatic heterocycles. The number of hydrogen-bond donors (Lipinski definition) is 0. The van der Waals surface area contributed by atoms with Crippen LogP contribution in [0.1, 0.15) is 47.8 Å². The zero-order valence-electron chi connectivity index (χ0n) is 17.5. The van der Waals surface area contributed by atoms with Crippen molar-refractivity contribution in [1.29, 1.82) is 0 Å². The Labute approximate surface area is 177 Å². The van der Waals surface area contributed by atoms with E-state index < -0.39 is 5.41 Å². The van der Waals surface area contributed by atoms with Crippen molar-refractivity contribution in [2.75, 3.05) is 0 Å². The lowest BCUT2D eigenvalue weighted by Gasteiger charge is -2.21. The average molecular weight is 392 g/mol. The quantitative estimate of drug-likeness (QED) is 0.375. The van der Waals surface area contributed by atoms with Gasteiger partial charge in [0.2, 0.25) is 0 Å². The molecule has 30 heavy (non-hydrogen) atoms. The van der Waals surface area contributed by atoms with Crippen LogP contribution in [-0.2, 0) is 4.79 Å². The van der Waals surface area contributed by atoms with E-state index in [9.17, 15) is 9.59 Å². The highest BCUT2D eigenvalue weighted by Crippen LogP contribution is 2.44. The van der Waals surface area contributed by atoms with Gasteiger partial charge in [0.25, 0.3) is 0 Å². The summed E-state index contributed by atoms with van der Waals surface area (Å²) in [6.45, 7) is 5.74. The molecule has 1 aliphatic rings. The third-order valence-corrected chi connectivity index (χ3v) is 5.30. The third kappa shape index (κ3) is 3.57. The van der Waals surface area contributed by atoms with Crippen molar-refractivity contribution in [1.82, 2.24) is 0 Å². The Kier molecular flexibility index (Phi) is 5.09. The van der Waals surface area contributed by atoms with Gasteiger partial charge in [-0.2, -0.15) is 0 Å². The number of carbonyl (C=O) groups is 2. The van der Waals surface area contributed by atoms with Crippen LogP contribution in [0, 0.1) is 5.41 Å². The van der Waals surface area contributed by atoms with E-state index in [2.05, 4.69) is 0 Å². The van der Waals surface area contributed by atoms with Crippen LogP contribution in [0.5, 0.6) is 0 Å². The zero-order valence-corrected chi connectivity index (χ0v) is 17.5. The molecule has 0 spiro atoms. The van der Waals surface area contributed by atoms with Crippen LogP contribution in [0.25, 0.3) is 17.2 Å². The number of fused-ring (bicyclic) bond motifs is 1. The molecule has 0 unspecified atom stereocenters. The average Bonchev–Trinajstić information content (AvgIpc) is 3.13. The smallest absolute Gasteiger partial charge is 0.194 e. The highest BCUT2D eigenvalue weighted by Gasteiger charge is 2.34. The molecule has 3 aromatic rings. The maximum atomic E-state index is 13.8. The molecule has 0 heterocycles. The van der Waals surface area contributed by atoms with E-state index in [-0.39, 0.29) is 11.6 Å². The molecule has 4 rings (SSSR count). The van der Waals surface area contributed by atoms with Crippen LogP contribution in [0.2, 0.25) is 0 Å². The van der Waals surface area contributed by atoms with Gasteiger partial charge in [-0.25, -0.2) is 0 Å². The summed E-state index contributed by atoms with van der Waals surface area (Å²) in [6.07, 6.45) is 1.93. The van der Waals surface area contributed by atoms with Crippen LogP contribution in [-0.4, -0.2) is 11.6 Å². The molecule has 1 aliphatic carbocycles. The van der Waals surface area contributed by atoms with Crippen molar-refractivity contribution in [3.8, 4) is 0 Å². The minimum atomic E-state index is -0.559. The van der Waals surface area contributed by atoms with Gasteiger partial charge < -0.3 is 0 Å². The van der Waals surface area contributed by atoms with Gasteiger partial charge in [-0.1, -0.05) is 106 Å². The second kappa shape index (κ2) is 7.72. The van der Waals surface area contributed by atoms with Crippen molar-refractivity contribution < 1.29 is 9.59 Å². The third-order valence-electron chi connectivity index (χ3n) is 5.30. The van der Waals surface area contributed by atoms with Crippen molar-refractivity contribution in [2.24, 2.45) is 5.41 Å². The van der Waals surface area contributed by atoms with Gasteiger partial charge in [0.15, 0.2) is 11.6 Å². The first-order chi connectivity index (χ1) is 14.4. The molecule has 148 valence electrons. The Balaban J connectivity index is 2.05. The Hall–Kier alpha value is -3.52. The molecule has 2 nitrogen and oxygen atoms in total. The number of benzene rings is 3. The van der Waals surface area contributed by atoms with Gasteiger partial charge >= 0.3 is 0 Å². The van der Waals surface area contributed by atoms with Crippen LogP contribution >= 0.6 is 0 Å². The number of Topliss-reactive ketones (excluding diaryl/α,β-unsaturated/α-hetero) is 2. The Morgan fingerprint density at radius 2 is 1.20 bits per heavy atom. The zero-order chi connectivity index (χ0) is 21.3. The van der Waals surface area contributed by atoms with E-state index in [1.807, 2.05) is 112 Å². The molecule has 0 bridgehead atoms. The molecular formula is C28H24O2. The standard InChI is InChI=1S/C28H24O2/c1-28(2,3)27(30)23-18-21-16-10-11-17-22(21)25(23)24(19-12-6-4-7-13-19)26(29)20-14-8-5-9-15-20/h4-18H,1-3H3/b25-24+. The topological polar surface area (TPSA) is 34.1 Å². The fourth-order valence-electron chi connectivity index (χ4n) is 3.80. The maximum Gasteiger partial charge on any atom is 0.194 e. The van der Waals surface area contributed by atoms with Crippen LogP contribution in [0.4, 0.5) is 0 Å². The van der Waals surface area contributed by atoms with E-state index in [0.717, 1.165) is 22.3 Å². The summed E-state index contributed by atoms with van der Waals surface area (Å²) >= 11 is 0. The monoisotopic (exact) mass is 392 g/mol. The second-order valence-corrected chi connectivity index (χ2v) is 8.54. The Bertz CT molecular complexity index is 1170. The summed E-state index contributed by atoms with van der Waals surface area (Å²) in [7, 11) is 0. The molecule has 2 heteroatoms. The summed E-state index contributed by atoms with van der Waals surface area (Å²) in [5, 5.41) is 0. The van der Waals surface area contributed by atoms with Crippen molar-refractivity contribution >= 4 is 28.8 Å². The molecule has 0 radical (unpaired) electrons. The summed E-state index contributed by atoms with van der Waals surface area (Å²) in [4.78, 5) is 27.2. The number of ketones is 2. The van der Waals surface area contributed by atoms with Crippen LogP contribution < -0.4 is 0 Å². The molecule has 0 saturated carbocycles. The molecule has 0 atom stereocenters. The predicted molar refractivity (Wildman–Crippen MR) is 123 cm³/mol. The van der Waals surface area contributed by atoms with E-state index in [4.69, 9.17) is 0 Å². The molecule has 0 amide bonds. The van der Waals surface area contributed by atoms with Gasteiger partial charge in [-0.05, 0) is 22.8 Å². The summed E-state index contributed by atoms with van der Waals surface area (Å²) in [6, 6.07) is 26.8. The first kappa shape index (κ1) is 19.8. The Morgan fingerprint density at radius 1 is 0.667 bits per heavy atom.